The van der Waals surface area contributed by atoms with Gasteiger partial charge in [-0.15, -0.1) is 24.0 Å². The lowest BCUT2D eigenvalue weighted by Gasteiger charge is -2.17. The van der Waals surface area contributed by atoms with Gasteiger partial charge in [-0.2, -0.15) is 0 Å². The zero-order chi connectivity index (χ0) is 19.8. The molecule has 11 heteroatoms. The molecule has 0 fully saturated rings. The van der Waals surface area contributed by atoms with E-state index in [1.54, 1.807) is 12.1 Å². The number of sulfonamides is 1. The maximum absolute atomic E-state index is 11.2. The second kappa shape index (κ2) is 11.8. The highest BCUT2D eigenvalue weighted by Crippen LogP contribution is 2.09. The van der Waals surface area contributed by atoms with E-state index in [-0.39, 0.29) is 40.7 Å². The van der Waals surface area contributed by atoms with Crippen LogP contribution in [0.2, 0.25) is 0 Å². The molecule has 27 heavy (non-hydrogen) atoms. The van der Waals surface area contributed by atoms with E-state index in [4.69, 9.17) is 5.14 Å². The molecule has 0 heterocycles. The van der Waals surface area contributed by atoms with Crippen LogP contribution in [0.5, 0.6) is 0 Å². The van der Waals surface area contributed by atoms with Crippen molar-refractivity contribution >= 4 is 49.8 Å². The second-order valence-corrected chi connectivity index (χ2v) is 9.98. The molecule has 0 aliphatic carbocycles. The van der Waals surface area contributed by atoms with Crippen molar-refractivity contribution in [1.82, 2.24) is 10.6 Å². The van der Waals surface area contributed by atoms with Crippen molar-refractivity contribution in [2.45, 2.75) is 37.6 Å². The Balaban J connectivity index is 0.00000676. The lowest BCUT2D eigenvalue weighted by atomic mass is 10.1. The van der Waals surface area contributed by atoms with Gasteiger partial charge in [-0.25, -0.2) is 22.0 Å². The van der Waals surface area contributed by atoms with E-state index in [1.807, 2.05) is 13.8 Å². The third kappa shape index (κ3) is 11.5. The molecule has 0 aliphatic rings. The molecule has 1 rings (SSSR count). The van der Waals surface area contributed by atoms with Gasteiger partial charge in [0.25, 0.3) is 0 Å². The minimum atomic E-state index is -3.68. The van der Waals surface area contributed by atoms with Gasteiger partial charge < -0.3 is 10.6 Å². The predicted octanol–water partition coefficient (Wildman–Crippen LogP) is 0.873. The van der Waals surface area contributed by atoms with E-state index in [1.165, 1.54) is 18.4 Å². The van der Waals surface area contributed by atoms with E-state index in [2.05, 4.69) is 15.6 Å². The standard InChI is InChI=1S/C16H28N4O4S2.HI/c1-4-18-16(20-13(2)10-12-25(3,21)22)19-11-9-14-5-7-15(8-6-14)26(17,23)24;/h5-8,13H,4,9-12H2,1-3H3,(H2,17,23,24)(H2,18,19,20);1H. The Bertz CT molecular complexity index is 809. The molecule has 1 aromatic rings. The Kier molecular flexibility index (Phi) is 11.4. The summed E-state index contributed by atoms with van der Waals surface area (Å²) in [5.41, 5.74) is 0.946. The highest BCUT2D eigenvalue weighted by molar-refractivity contribution is 14.0. The Morgan fingerprint density at radius 1 is 1.19 bits per heavy atom. The number of rotatable bonds is 9. The molecule has 0 saturated carbocycles. The quantitative estimate of drug-likeness (QED) is 0.246. The summed E-state index contributed by atoms with van der Waals surface area (Å²) >= 11 is 0. The summed E-state index contributed by atoms with van der Waals surface area (Å²) in [4.78, 5) is 4.55. The van der Waals surface area contributed by atoms with Crippen molar-refractivity contribution in [3.8, 4) is 0 Å². The number of aliphatic imine (C=N–C) groups is 1. The van der Waals surface area contributed by atoms with E-state index < -0.39 is 19.9 Å². The van der Waals surface area contributed by atoms with Gasteiger partial charge in [0.1, 0.15) is 9.84 Å². The normalized spacial score (nSPS) is 13.6. The van der Waals surface area contributed by atoms with Gasteiger partial charge in [0.15, 0.2) is 5.96 Å². The molecule has 0 bridgehead atoms. The van der Waals surface area contributed by atoms with E-state index >= 15 is 0 Å². The average Bonchev–Trinajstić information content (AvgIpc) is 2.52. The fourth-order valence-electron chi connectivity index (χ4n) is 2.16. The molecule has 0 aliphatic heterocycles. The zero-order valence-corrected chi connectivity index (χ0v) is 19.8. The summed E-state index contributed by atoms with van der Waals surface area (Å²) in [6.45, 7) is 5.05. The number of guanidine groups is 1. The van der Waals surface area contributed by atoms with Crippen LogP contribution >= 0.6 is 24.0 Å². The number of hydrogen-bond acceptors (Lipinski definition) is 5. The van der Waals surface area contributed by atoms with Crippen molar-refractivity contribution in [1.29, 1.82) is 0 Å². The number of hydrogen-bond donors (Lipinski definition) is 3. The summed E-state index contributed by atoms with van der Waals surface area (Å²) in [5, 5.41) is 11.4. The Hall–Kier alpha value is -0.920. The van der Waals surface area contributed by atoms with Crippen LogP contribution in [0.1, 0.15) is 25.8 Å². The third-order valence-electron chi connectivity index (χ3n) is 3.57. The molecular formula is C16H29IN4O4S2. The number of sulfone groups is 1. The van der Waals surface area contributed by atoms with Gasteiger partial charge in [0, 0.05) is 25.4 Å². The van der Waals surface area contributed by atoms with Crippen LogP contribution in [0.15, 0.2) is 34.2 Å². The topological polar surface area (TPSA) is 131 Å². The zero-order valence-electron chi connectivity index (χ0n) is 15.8. The number of benzene rings is 1. The lowest BCUT2D eigenvalue weighted by molar-refractivity contribution is 0.581. The van der Waals surface area contributed by atoms with Crippen molar-refractivity contribution < 1.29 is 16.8 Å². The highest BCUT2D eigenvalue weighted by Gasteiger charge is 2.10. The maximum atomic E-state index is 11.2. The van der Waals surface area contributed by atoms with Crippen LogP contribution < -0.4 is 15.8 Å². The van der Waals surface area contributed by atoms with Gasteiger partial charge in [-0.1, -0.05) is 12.1 Å². The number of nitrogens with zero attached hydrogens (tertiary/aromatic N) is 1. The molecule has 0 amide bonds. The Morgan fingerprint density at radius 2 is 1.78 bits per heavy atom. The van der Waals surface area contributed by atoms with Crippen LogP contribution in [-0.2, 0) is 26.3 Å². The molecular weight excluding hydrogens is 503 g/mol. The van der Waals surface area contributed by atoms with Gasteiger partial charge in [0.2, 0.25) is 10.0 Å². The summed E-state index contributed by atoms with van der Waals surface area (Å²) in [7, 11) is -6.67. The van der Waals surface area contributed by atoms with Gasteiger partial charge >= 0.3 is 0 Å². The molecule has 1 unspecified atom stereocenters. The van der Waals surface area contributed by atoms with Crippen molar-refractivity contribution in [3.63, 3.8) is 0 Å². The van der Waals surface area contributed by atoms with E-state index in [0.29, 0.717) is 31.9 Å². The van der Waals surface area contributed by atoms with Gasteiger partial charge in [-0.05, 0) is 44.4 Å². The largest absolute Gasteiger partial charge is 0.357 e. The molecule has 0 radical (unpaired) electrons. The first-order valence-electron chi connectivity index (χ1n) is 8.35. The molecule has 1 aromatic carbocycles. The molecule has 0 saturated heterocycles. The highest BCUT2D eigenvalue weighted by atomic mass is 127. The van der Waals surface area contributed by atoms with Crippen LogP contribution in [0.25, 0.3) is 0 Å². The number of nitrogens with one attached hydrogen (secondary N) is 2. The smallest absolute Gasteiger partial charge is 0.238 e. The van der Waals surface area contributed by atoms with E-state index in [0.717, 1.165) is 5.56 Å². The molecule has 0 spiro atoms. The number of halogens is 1. The summed E-state index contributed by atoms with van der Waals surface area (Å²) in [6, 6.07) is 6.35. The molecule has 1 atom stereocenters. The number of primary sulfonamides is 1. The van der Waals surface area contributed by atoms with Gasteiger partial charge in [0.05, 0.1) is 10.6 Å². The maximum Gasteiger partial charge on any atom is 0.238 e. The average molecular weight is 532 g/mol. The molecule has 156 valence electrons. The summed E-state index contributed by atoms with van der Waals surface area (Å²) in [6.07, 6.45) is 2.36. The molecule has 0 aromatic heterocycles. The van der Waals surface area contributed by atoms with Crippen LogP contribution in [-0.4, -0.2) is 53.9 Å². The minimum Gasteiger partial charge on any atom is -0.357 e. The first-order valence-corrected chi connectivity index (χ1v) is 12.0. The predicted molar refractivity (Wildman–Crippen MR) is 120 cm³/mol. The summed E-state index contributed by atoms with van der Waals surface area (Å²) < 4.78 is 45.0. The number of nitrogens with two attached hydrogens (primary N) is 1. The fraction of sp³-hybridized carbons (Fsp3) is 0.562. The lowest BCUT2D eigenvalue weighted by Crippen LogP contribution is -2.43. The Labute approximate surface area is 179 Å². The first kappa shape index (κ1) is 26.1. The van der Waals surface area contributed by atoms with Gasteiger partial charge in [-0.3, -0.25) is 4.99 Å². The van der Waals surface area contributed by atoms with Crippen LogP contribution in [0, 0.1) is 0 Å². The molecule has 8 nitrogen and oxygen atoms in total. The Morgan fingerprint density at radius 3 is 2.26 bits per heavy atom. The van der Waals surface area contributed by atoms with E-state index in [9.17, 15) is 16.8 Å². The van der Waals surface area contributed by atoms with Crippen molar-refractivity contribution in [2.75, 3.05) is 25.1 Å². The SMILES string of the molecule is CCNC(=NCCc1ccc(S(N)(=O)=O)cc1)NC(C)CCS(C)(=O)=O.I. The monoisotopic (exact) mass is 532 g/mol. The fourth-order valence-corrected chi connectivity index (χ4v) is 3.46. The van der Waals surface area contributed by atoms with Crippen LogP contribution in [0.4, 0.5) is 0 Å². The van der Waals surface area contributed by atoms with Crippen molar-refractivity contribution in [3.05, 3.63) is 29.8 Å². The summed E-state index contributed by atoms with van der Waals surface area (Å²) in [5.74, 6) is 0.742. The van der Waals surface area contributed by atoms with Crippen molar-refractivity contribution in [2.24, 2.45) is 10.1 Å². The van der Waals surface area contributed by atoms with Crippen LogP contribution in [0.3, 0.4) is 0 Å². The third-order valence-corrected chi connectivity index (χ3v) is 5.48. The minimum absolute atomic E-state index is 0. The first-order chi connectivity index (χ1) is 12.0. The molecule has 4 N–H and O–H groups in total. The second-order valence-electron chi connectivity index (χ2n) is 6.16.